The zero-order valence-electron chi connectivity index (χ0n) is 12.2. The molecule has 0 unspecified atom stereocenters. The van der Waals surface area contributed by atoms with E-state index >= 15 is 0 Å². The minimum atomic E-state index is -0.678. The Hall–Kier alpha value is -3.14. The van der Waals surface area contributed by atoms with Gasteiger partial charge in [-0.15, -0.1) is 0 Å². The fraction of sp³-hybridized carbons (Fsp3) is 0.0714. The molecule has 8 nitrogen and oxygen atoms in total. The third-order valence-electron chi connectivity index (χ3n) is 2.91. The van der Waals surface area contributed by atoms with E-state index in [0.29, 0.717) is 10.2 Å². The van der Waals surface area contributed by atoms with E-state index < -0.39 is 22.5 Å². The number of nitrogens with zero attached hydrogens (tertiary/aromatic N) is 4. The van der Waals surface area contributed by atoms with Crippen LogP contribution in [0.2, 0.25) is 0 Å². The first-order valence-corrected chi connectivity index (χ1v) is 7.40. The summed E-state index contributed by atoms with van der Waals surface area (Å²) >= 11 is 1.09. The van der Waals surface area contributed by atoms with Crippen molar-refractivity contribution in [2.75, 3.05) is 5.01 Å². The van der Waals surface area contributed by atoms with Crippen LogP contribution in [-0.4, -0.2) is 22.0 Å². The van der Waals surface area contributed by atoms with Crippen molar-refractivity contribution in [3.05, 3.63) is 52.0 Å². The average Bonchev–Trinajstić information content (AvgIpc) is 3.13. The van der Waals surface area contributed by atoms with E-state index in [1.165, 1.54) is 43.5 Å². The Labute approximate surface area is 138 Å². The van der Waals surface area contributed by atoms with E-state index in [1.807, 2.05) is 0 Å². The molecule has 0 aliphatic rings. The van der Waals surface area contributed by atoms with Crippen molar-refractivity contribution in [3.63, 3.8) is 0 Å². The van der Waals surface area contributed by atoms with Crippen LogP contribution in [0, 0.1) is 15.9 Å². The molecule has 0 atom stereocenters. The predicted molar refractivity (Wildman–Crippen MR) is 85.7 cm³/mol. The normalized spacial score (nSPS) is 11.2. The molecule has 10 heteroatoms. The molecule has 0 aliphatic heterocycles. The van der Waals surface area contributed by atoms with Crippen LogP contribution in [-0.2, 0) is 4.79 Å². The molecule has 0 aliphatic carbocycles. The summed E-state index contributed by atoms with van der Waals surface area (Å²) in [5, 5.41) is 15.8. The number of anilines is 1. The number of carbonyl (C=O) groups excluding carboxylic acids is 1. The Morgan fingerprint density at radius 1 is 1.46 bits per heavy atom. The molecule has 0 bridgehead atoms. The molecule has 122 valence electrons. The Morgan fingerprint density at radius 3 is 2.92 bits per heavy atom. The van der Waals surface area contributed by atoms with Gasteiger partial charge in [0.1, 0.15) is 10.7 Å². The van der Waals surface area contributed by atoms with Gasteiger partial charge in [-0.25, -0.2) is 9.37 Å². The van der Waals surface area contributed by atoms with Crippen molar-refractivity contribution >= 4 is 44.7 Å². The molecule has 0 spiro atoms. The number of hydrogen-bond acceptors (Lipinski definition) is 7. The molecule has 3 aromatic rings. The number of hydrogen-bond donors (Lipinski definition) is 0. The molecule has 0 saturated carbocycles. The summed E-state index contributed by atoms with van der Waals surface area (Å²) in [7, 11) is 0. The summed E-state index contributed by atoms with van der Waals surface area (Å²) in [5.74, 6) is -1.15. The van der Waals surface area contributed by atoms with Gasteiger partial charge in [-0.3, -0.25) is 14.9 Å². The van der Waals surface area contributed by atoms with Crippen LogP contribution < -0.4 is 5.01 Å². The number of halogens is 1. The van der Waals surface area contributed by atoms with Gasteiger partial charge in [0.2, 0.25) is 11.0 Å². The fourth-order valence-corrected chi connectivity index (χ4v) is 2.86. The van der Waals surface area contributed by atoms with Crippen LogP contribution >= 0.6 is 11.3 Å². The van der Waals surface area contributed by atoms with Gasteiger partial charge in [0.25, 0.3) is 0 Å². The maximum absolute atomic E-state index is 13.2. The summed E-state index contributed by atoms with van der Waals surface area (Å²) < 4.78 is 18.7. The Kier molecular flexibility index (Phi) is 4.04. The number of hydrazone groups is 1. The van der Waals surface area contributed by atoms with E-state index in [4.69, 9.17) is 4.42 Å². The van der Waals surface area contributed by atoms with Crippen LogP contribution in [0.3, 0.4) is 0 Å². The predicted octanol–water partition coefficient (Wildman–Crippen LogP) is 3.32. The van der Waals surface area contributed by atoms with Gasteiger partial charge in [-0.2, -0.15) is 10.1 Å². The lowest BCUT2D eigenvalue weighted by Crippen LogP contribution is -2.22. The molecule has 2 heterocycles. The maximum Gasteiger partial charge on any atom is 0.433 e. The number of nitro groups is 1. The second-order valence-corrected chi connectivity index (χ2v) is 5.63. The minimum Gasteiger partial charge on any atom is -0.400 e. The van der Waals surface area contributed by atoms with Gasteiger partial charge in [-0.05, 0) is 24.3 Å². The van der Waals surface area contributed by atoms with Gasteiger partial charge >= 0.3 is 5.88 Å². The zero-order valence-corrected chi connectivity index (χ0v) is 13.0. The number of carbonyl (C=O) groups is 1. The molecule has 1 aromatic carbocycles. The fourth-order valence-electron chi connectivity index (χ4n) is 1.87. The van der Waals surface area contributed by atoms with Gasteiger partial charge in [0.05, 0.1) is 22.5 Å². The first-order valence-electron chi connectivity index (χ1n) is 6.59. The van der Waals surface area contributed by atoms with Gasteiger partial charge in [0, 0.05) is 6.92 Å². The molecule has 3 rings (SSSR count). The third kappa shape index (κ3) is 3.13. The quantitative estimate of drug-likeness (QED) is 0.409. The van der Waals surface area contributed by atoms with E-state index in [1.54, 1.807) is 0 Å². The van der Waals surface area contributed by atoms with Crippen LogP contribution in [0.15, 0.2) is 39.9 Å². The summed E-state index contributed by atoms with van der Waals surface area (Å²) in [4.78, 5) is 25.9. The lowest BCUT2D eigenvalue weighted by molar-refractivity contribution is -0.402. The number of furan rings is 1. The molecule has 0 saturated heterocycles. The number of fused-ring (bicyclic) bond motifs is 1. The summed E-state index contributed by atoms with van der Waals surface area (Å²) in [6.07, 6.45) is 1.17. The number of thiazole rings is 1. The minimum absolute atomic E-state index is 0.111. The first kappa shape index (κ1) is 15.7. The summed E-state index contributed by atoms with van der Waals surface area (Å²) in [6, 6.07) is 6.62. The Bertz CT molecular complexity index is 965. The topological polar surface area (TPSA) is 102 Å². The summed E-state index contributed by atoms with van der Waals surface area (Å²) in [6.45, 7) is 1.29. The van der Waals surface area contributed by atoms with Crippen LogP contribution in [0.5, 0.6) is 0 Å². The van der Waals surface area contributed by atoms with E-state index in [-0.39, 0.29) is 10.9 Å². The first-order chi connectivity index (χ1) is 11.4. The van der Waals surface area contributed by atoms with Crippen molar-refractivity contribution < 1.29 is 18.5 Å². The van der Waals surface area contributed by atoms with Crippen LogP contribution in [0.25, 0.3) is 10.2 Å². The maximum atomic E-state index is 13.2. The lowest BCUT2D eigenvalue weighted by Gasteiger charge is -2.09. The second-order valence-electron chi connectivity index (χ2n) is 4.62. The number of amides is 1. The van der Waals surface area contributed by atoms with Crippen molar-refractivity contribution in [1.29, 1.82) is 0 Å². The third-order valence-corrected chi connectivity index (χ3v) is 3.91. The molecule has 0 N–H and O–H groups in total. The molecular formula is C14H9FN4O4S. The molecule has 0 fully saturated rings. The van der Waals surface area contributed by atoms with E-state index in [9.17, 15) is 19.3 Å². The zero-order chi connectivity index (χ0) is 17.3. The van der Waals surface area contributed by atoms with Crippen molar-refractivity contribution in [3.8, 4) is 0 Å². The second kappa shape index (κ2) is 6.16. The van der Waals surface area contributed by atoms with E-state index in [2.05, 4.69) is 10.1 Å². The highest BCUT2D eigenvalue weighted by molar-refractivity contribution is 7.22. The highest BCUT2D eigenvalue weighted by Gasteiger charge is 2.16. The molecular weight excluding hydrogens is 339 g/mol. The van der Waals surface area contributed by atoms with Gasteiger partial charge < -0.3 is 4.42 Å². The largest absolute Gasteiger partial charge is 0.433 e. The number of benzene rings is 1. The Balaban J connectivity index is 1.91. The van der Waals surface area contributed by atoms with Crippen molar-refractivity contribution in [2.45, 2.75) is 6.92 Å². The summed E-state index contributed by atoms with van der Waals surface area (Å²) in [5.41, 5.74) is 0.534. The highest BCUT2D eigenvalue weighted by atomic mass is 32.1. The molecule has 24 heavy (non-hydrogen) atoms. The van der Waals surface area contributed by atoms with Crippen LogP contribution in [0.4, 0.5) is 15.4 Å². The Morgan fingerprint density at radius 2 is 2.25 bits per heavy atom. The molecule has 1 amide bonds. The van der Waals surface area contributed by atoms with Crippen molar-refractivity contribution in [1.82, 2.24) is 4.98 Å². The number of aromatic nitrogens is 1. The average molecular weight is 348 g/mol. The van der Waals surface area contributed by atoms with E-state index in [0.717, 1.165) is 16.3 Å². The van der Waals surface area contributed by atoms with Crippen LogP contribution in [0.1, 0.15) is 12.7 Å². The number of rotatable bonds is 4. The SMILES string of the molecule is CC(=O)N(/N=C/c1ccc([N+](=O)[O-])o1)c1nc2ccc(F)cc2s1. The highest BCUT2D eigenvalue weighted by Crippen LogP contribution is 2.29. The molecule has 2 aromatic heterocycles. The van der Waals surface area contributed by atoms with Gasteiger partial charge in [-0.1, -0.05) is 11.3 Å². The standard InChI is InChI=1S/C14H9FN4O4S/c1-8(20)18(16-7-10-3-5-13(23-10)19(21)22)14-17-11-4-2-9(15)6-12(11)24-14/h2-7H,1H3/b16-7+. The smallest absolute Gasteiger partial charge is 0.400 e. The van der Waals surface area contributed by atoms with Gasteiger partial charge in [0.15, 0.2) is 5.76 Å². The lowest BCUT2D eigenvalue weighted by atomic mass is 10.3. The van der Waals surface area contributed by atoms with Crippen molar-refractivity contribution in [2.24, 2.45) is 5.10 Å². The monoisotopic (exact) mass is 348 g/mol. The molecule has 0 radical (unpaired) electrons.